The van der Waals surface area contributed by atoms with E-state index in [1.54, 1.807) is 26.8 Å². The van der Waals surface area contributed by atoms with Gasteiger partial charge in [-0.2, -0.15) is 0 Å². The number of carbonyl (C=O) groups excluding carboxylic acids is 1. The third-order valence-electron chi connectivity index (χ3n) is 6.46. The van der Waals surface area contributed by atoms with Gasteiger partial charge in [-0.1, -0.05) is 17.7 Å². The highest BCUT2D eigenvalue weighted by atomic mass is 35.5. The molecule has 0 radical (unpaired) electrons. The molecule has 0 bridgehead atoms. The fourth-order valence-electron chi connectivity index (χ4n) is 4.78. The second kappa shape index (κ2) is 10.7. The predicted octanol–water partition coefficient (Wildman–Crippen LogP) is 2.83. The summed E-state index contributed by atoms with van der Waals surface area (Å²) < 4.78 is 16.4. The highest BCUT2D eigenvalue weighted by Gasteiger charge is 2.46. The molecule has 3 N–H and O–H groups in total. The number of nitrogens with one attached hydrogen (secondary N) is 3. The highest BCUT2D eigenvalue weighted by molar-refractivity contribution is 6.33. The van der Waals surface area contributed by atoms with Crippen molar-refractivity contribution >= 4 is 29.9 Å². The number of alkyl carbamates (subject to hydrolysis) is 1. The fraction of sp³-hybridized carbons (Fsp3) is 0.560. The van der Waals surface area contributed by atoms with Crippen LogP contribution in [0.15, 0.2) is 39.4 Å². The second-order valence-electron chi connectivity index (χ2n) is 10.3. The second-order valence-corrected chi connectivity index (χ2v) is 10.7. The van der Waals surface area contributed by atoms with E-state index < -0.39 is 17.2 Å². The molecule has 3 atom stereocenters. The van der Waals surface area contributed by atoms with Gasteiger partial charge >= 0.3 is 6.09 Å². The lowest BCUT2D eigenvalue weighted by atomic mass is 9.98. The van der Waals surface area contributed by atoms with Crippen molar-refractivity contribution in [2.45, 2.75) is 51.0 Å². The third kappa shape index (κ3) is 5.93. The Labute approximate surface area is 217 Å². The molecule has 11 heteroatoms. The van der Waals surface area contributed by atoms with Crippen LogP contribution in [0.3, 0.4) is 0 Å². The van der Waals surface area contributed by atoms with Crippen molar-refractivity contribution in [3.8, 4) is 11.5 Å². The number of methoxy groups -OCH3 is 2. The van der Waals surface area contributed by atoms with Crippen LogP contribution >= 0.6 is 11.6 Å². The Balaban J connectivity index is 1.48. The van der Waals surface area contributed by atoms with Crippen LogP contribution in [0.1, 0.15) is 32.8 Å². The first-order valence-electron chi connectivity index (χ1n) is 12.0. The van der Waals surface area contributed by atoms with E-state index in [9.17, 15) is 4.79 Å². The van der Waals surface area contributed by atoms with Crippen LogP contribution in [-0.4, -0.2) is 74.3 Å². The molecule has 0 aliphatic carbocycles. The summed E-state index contributed by atoms with van der Waals surface area (Å²) in [5, 5.41) is 10.5. The first-order chi connectivity index (χ1) is 17.1. The number of benzene rings is 1. The number of likely N-dealkylation sites (tertiary alicyclic amines) is 1. The summed E-state index contributed by atoms with van der Waals surface area (Å²) in [6, 6.07) is 5.73. The smallest absolute Gasteiger partial charge is 0.408 e. The maximum Gasteiger partial charge on any atom is 0.408 e. The summed E-state index contributed by atoms with van der Waals surface area (Å²) in [7, 11) is 3.26. The first kappa shape index (κ1) is 26.2. The zero-order chi connectivity index (χ0) is 25.9. The SMILES string of the molecule is COc1ccc(CNC[C@@]2(NC(=O)OC(C)(C)C)CCN(C3N=CN=C4NC=C(Cl)C43)C2)c(OC)c1. The Hall–Kier alpha value is -2.82. The van der Waals surface area contributed by atoms with E-state index in [0.29, 0.717) is 24.7 Å². The molecule has 10 nitrogen and oxygen atoms in total. The number of amidine groups is 1. The molecule has 3 aliphatic rings. The van der Waals surface area contributed by atoms with Gasteiger partial charge in [0.25, 0.3) is 0 Å². The Morgan fingerprint density at radius 3 is 2.83 bits per heavy atom. The van der Waals surface area contributed by atoms with E-state index in [4.69, 9.17) is 25.8 Å². The molecule has 1 aromatic rings. The van der Waals surface area contributed by atoms with Crippen molar-refractivity contribution in [1.82, 2.24) is 20.9 Å². The number of aliphatic imine (C=N–C) groups is 2. The van der Waals surface area contributed by atoms with E-state index in [-0.39, 0.29) is 12.1 Å². The molecule has 196 valence electrons. The molecule has 3 aliphatic heterocycles. The normalized spacial score (nSPS) is 25.5. The largest absolute Gasteiger partial charge is 0.497 e. The van der Waals surface area contributed by atoms with Crippen molar-refractivity contribution in [2.24, 2.45) is 15.9 Å². The molecule has 1 saturated heterocycles. The molecule has 1 amide bonds. The first-order valence-corrected chi connectivity index (χ1v) is 12.4. The Kier molecular flexibility index (Phi) is 7.77. The Morgan fingerprint density at radius 1 is 1.31 bits per heavy atom. The summed E-state index contributed by atoms with van der Waals surface area (Å²) in [6.45, 7) is 7.97. The van der Waals surface area contributed by atoms with Crippen molar-refractivity contribution < 1.29 is 19.0 Å². The van der Waals surface area contributed by atoms with Crippen molar-refractivity contribution in [2.75, 3.05) is 33.9 Å². The van der Waals surface area contributed by atoms with E-state index >= 15 is 0 Å². The molecular formula is C25H35ClN6O4. The summed E-state index contributed by atoms with van der Waals surface area (Å²) in [5.41, 5.74) is -0.165. The minimum atomic E-state index is -0.597. The average molecular weight is 519 g/mol. The highest BCUT2D eigenvalue weighted by Crippen LogP contribution is 2.34. The van der Waals surface area contributed by atoms with Gasteiger partial charge in [-0.3, -0.25) is 9.89 Å². The zero-order valence-electron chi connectivity index (χ0n) is 21.4. The third-order valence-corrected chi connectivity index (χ3v) is 6.80. The van der Waals surface area contributed by atoms with E-state index in [2.05, 4.69) is 30.8 Å². The number of hydrogen-bond acceptors (Lipinski definition) is 9. The predicted molar refractivity (Wildman–Crippen MR) is 140 cm³/mol. The number of nitrogens with zero attached hydrogens (tertiary/aromatic N) is 3. The molecule has 4 rings (SSSR count). The van der Waals surface area contributed by atoms with Crippen molar-refractivity contribution in [3.05, 3.63) is 35.0 Å². The fourth-order valence-corrected chi connectivity index (χ4v) is 5.06. The summed E-state index contributed by atoms with van der Waals surface area (Å²) in [4.78, 5) is 24.0. The quantitative estimate of drug-likeness (QED) is 0.485. The summed E-state index contributed by atoms with van der Waals surface area (Å²) >= 11 is 6.48. The molecular weight excluding hydrogens is 484 g/mol. The van der Waals surface area contributed by atoms with Gasteiger partial charge in [-0.05, 0) is 33.3 Å². The lowest BCUT2D eigenvalue weighted by molar-refractivity contribution is 0.0452. The molecule has 0 spiro atoms. The van der Waals surface area contributed by atoms with E-state index in [0.717, 1.165) is 35.9 Å². The Morgan fingerprint density at radius 2 is 2.11 bits per heavy atom. The van der Waals surface area contributed by atoms with Crippen LogP contribution in [0.25, 0.3) is 0 Å². The lowest BCUT2D eigenvalue weighted by Gasteiger charge is -2.35. The molecule has 2 unspecified atom stereocenters. The topological polar surface area (TPSA) is 109 Å². The van der Waals surface area contributed by atoms with Gasteiger partial charge in [0, 0.05) is 49.0 Å². The van der Waals surface area contributed by atoms with E-state index in [1.807, 2.05) is 39.0 Å². The Bertz CT molecular complexity index is 1070. The van der Waals surface area contributed by atoms with Crippen LogP contribution < -0.4 is 25.4 Å². The summed E-state index contributed by atoms with van der Waals surface area (Å²) in [5.74, 6) is 2.13. The van der Waals surface area contributed by atoms with Crippen LogP contribution in [0, 0.1) is 5.92 Å². The van der Waals surface area contributed by atoms with Crippen LogP contribution in [0.2, 0.25) is 0 Å². The minimum absolute atomic E-state index is 0.134. The molecule has 0 saturated carbocycles. The van der Waals surface area contributed by atoms with Gasteiger partial charge < -0.3 is 30.2 Å². The maximum absolute atomic E-state index is 12.8. The molecule has 0 aromatic heterocycles. The van der Waals surface area contributed by atoms with Gasteiger partial charge in [-0.15, -0.1) is 0 Å². The van der Waals surface area contributed by atoms with Gasteiger partial charge in [0.05, 0.1) is 25.7 Å². The number of hydrogen-bond donors (Lipinski definition) is 3. The van der Waals surface area contributed by atoms with Crippen molar-refractivity contribution in [1.29, 1.82) is 0 Å². The zero-order valence-corrected chi connectivity index (χ0v) is 22.2. The number of fused-ring (bicyclic) bond motifs is 1. The summed E-state index contributed by atoms with van der Waals surface area (Å²) in [6.07, 6.45) is 3.42. The minimum Gasteiger partial charge on any atom is -0.497 e. The van der Waals surface area contributed by atoms with Gasteiger partial charge in [0.15, 0.2) is 0 Å². The van der Waals surface area contributed by atoms with Crippen LogP contribution in [0.5, 0.6) is 11.5 Å². The number of ether oxygens (including phenoxy) is 3. The van der Waals surface area contributed by atoms with Crippen LogP contribution in [0.4, 0.5) is 4.79 Å². The van der Waals surface area contributed by atoms with Gasteiger partial charge in [0.2, 0.25) is 0 Å². The number of halogens is 1. The lowest BCUT2D eigenvalue weighted by Crippen LogP contribution is -2.58. The average Bonchev–Trinajstić information content (AvgIpc) is 3.42. The maximum atomic E-state index is 12.8. The van der Waals surface area contributed by atoms with Gasteiger partial charge in [-0.25, -0.2) is 9.79 Å². The molecule has 1 fully saturated rings. The standard InChI is InChI=1S/C25H35ClN6O4/c1-24(2,3)36-23(33)31-25(13-27-11-16-6-7-17(34-4)10-19(16)35-5)8-9-32(14-25)22-20-18(26)12-28-21(20)29-15-30-22/h6-7,10,12,15,20,22,27H,8-9,11,13-14H2,1-5H3,(H,31,33)(H,28,29,30)/t20?,22?,25-/m0/s1. The monoisotopic (exact) mass is 518 g/mol. The van der Waals surface area contributed by atoms with Gasteiger partial charge in [0.1, 0.15) is 35.4 Å². The molecule has 36 heavy (non-hydrogen) atoms. The molecule has 3 heterocycles. The van der Waals surface area contributed by atoms with Crippen LogP contribution in [-0.2, 0) is 11.3 Å². The molecule has 1 aromatic carbocycles. The number of carbonyl (C=O) groups is 1. The van der Waals surface area contributed by atoms with Crippen molar-refractivity contribution in [3.63, 3.8) is 0 Å². The van der Waals surface area contributed by atoms with E-state index in [1.165, 1.54) is 0 Å². The number of amides is 1. The number of rotatable bonds is 8.